The van der Waals surface area contributed by atoms with Gasteiger partial charge in [0.2, 0.25) is 0 Å². The van der Waals surface area contributed by atoms with Crippen molar-refractivity contribution in [1.82, 2.24) is 5.32 Å². The molecule has 2 fully saturated rings. The van der Waals surface area contributed by atoms with Crippen LogP contribution in [0.25, 0.3) is 0 Å². The Balaban J connectivity index is 2.09. The van der Waals surface area contributed by atoms with Gasteiger partial charge in [-0.2, -0.15) is 0 Å². The van der Waals surface area contributed by atoms with Crippen molar-refractivity contribution in [3.63, 3.8) is 0 Å². The highest BCUT2D eigenvalue weighted by Gasteiger charge is 2.41. The molecule has 6 heavy (non-hydrogen) atoms. The van der Waals surface area contributed by atoms with Gasteiger partial charge in [-0.05, 0) is 24.8 Å². The zero-order valence-electron chi connectivity index (χ0n) is 3.70. The van der Waals surface area contributed by atoms with Gasteiger partial charge in [0.1, 0.15) is 0 Å². The molecule has 1 heterocycles. The van der Waals surface area contributed by atoms with Crippen LogP contribution < -0.4 is 5.32 Å². The SMILES string of the molecule is C1NCC2C[C]12. The molecular formula is C5H8N. The second-order valence-electron chi connectivity index (χ2n) is 2.19. The van der Waals surface area contributed by atoms with Crippen LogP contribution in [0.2, 0.25) is 0 Å². The standard InChI is InChI=1S/C5H8N/c1-4-2-6-3-5(1)4/h4,6H,1-3H2. The molecule has 0 aromatic heterocycles. The van der Waals surface area contributed by atoms with Crippen molar-refractivity contribution in [3.05, 3.63) is 5.92 Å². The fourth-order valence-corrected chi connectivity index (χ4v) is 1.10. The lowest BCUT2D eigenvalue weighted by Crippen LogP contribution is -2.09. The average Bonchev–Trinajstić information content (AvgIpc) is 2.17. The molecule has 1 heteroatoms. The number of piperidine rings is 1. The van der Waals surface area contributed by atoms with Crippen molar-refractivity contribution < 1.29 is 0 Å². The fourth-order valence-electron chi connectivity index (χ4n) is 1.10. The monoisotopic (exact) mass is 82.1 g/mol. The van der Waals surface area contributed by atoms with E-state index in [1.165, 1.54) is 19.5 Å². The first-order chi connectivity index (χ1) is 2.97. The van der Waals surface area contributed by atoms with E-state index in [0.29, 0.717) is 0 Å². The van der Waals surface area contributed by atoms with Gasteiger partial charge in [0.25, 0.3) is 0 Å². The zero-order chi connectivity index (χ0) is 3.98. The summed E-state index contributed by atoms with van der Waals surface area (Å²) in [5.41, 5.74) is 0. The normalized spacial score (nSPS) is 43.0. The summed E-state index contributed by atoms with van der Waals surface area (Å²) in [7, 11) is 0. The van der Waals surface area contributed by atoms with Crippen molar-refractivity contribution in [2.45, 2.75) is 6.42 Å². The molecule has 1 saturated carbocycles. The quantitative estimate of drug-likeness (QED) is 0.439. The first kappa shape index (κ1) is 3.03. The highest BCUT2D eigenvalue weighted by Crippen LogP contribution is 2.42. The Morgan fingerprint density at radius 3 is 2.83 bits per heavy atom. The van der Waals surface area contributed by atoms with Crippen LogP contribution in [0.3, 0.4) is 0 Å². The first-order valence-corrected chi connectivity index (χ1v) is 2.52. The minimum Gasteiger partial charge on any atom is -0.316 e. The molecule has 1 aliphatic heterocycles. The summed E-state index contributed by atoms with van der Waals surface area (Å²) >= 11 is 0. The van der Waals surface area contributed by atoms with E-state index >= 15 is 0 Å². The number of rotatable bonds is 0. The summed E-state index contributed by atoms with van der Waals surface area (Å²) in [6.45, 7) is 2.50. The molecule has 0 aromatic rings. The largest absolute Gasteiger partial charge is 0.316 e. The van der Waals surface area contributed by atoms with Gasteiger partial charge in [-0.25, -0.2) is 0 Å². The third-order valence-corrected chi connectivity index (χ3v) is 1.67. The lowest BCUT2D eigenvalue weighted by molar-refractivity contribution is 0.750. The highest BCUT2D eigenvalue weighted by atomic mass is 14.9. The van der Waals surface area contributed by atoms with E-state index in [-0.39, 0.29) is 0 Å². The number of nitrogens with one attached hydrogen (secondary N) is 1. The van der Waals surface area contributed by atoms with E-state index in [0.717, 1.165) is 5.92 Å². The third-order valence-electron chi connectivity index (χ3n) is 1.67. The van der Waals surface area contributed by atoms with E-state index in [1.54, 1.807) is 5.92 Å². The van der Waals surface area contributed by atoms with E-state index < -0.39 is 0 Å². The van der Waals surface area contributed by atoms with Crippen LogP contribution in [-0.2, 0) is 0 Å². The predicted octanol–water partition coefficient (Wildman–Crippen LogP) is 0.184. The Kier molecular flexibility index (Phi) is 0.396. The molecule has 1 atom stereocenters. The Hall–Kier alpha value is -0.0400. The molecule has 0 aromatic carbocycles. The predicted molar refractivity (Wildman–Crippen MR) is 24.2 cm³/mol. The van der Waals surface area contributed by atoms with Crippen LogP contribution in [0.4, 0.5) is 0 Å². The van der Waals surface area contributed by atoms with E-state index in [2.05, 4.69) is 5.32 Å². The van der Waals surface area contributed by atoms with Crippen molar-refractivity contribution >= 4 is 0 Å². The number of hydrogen-bond donors (Lipinski definition) is 1. The minimum atomic E-state index is 1.02. The summed E-state index contributed by atoms with van der Waals surface area (Å²) in [5, 5.41) is 3.28. The molecule has 1 N–H and O–H groups in total. The van der Waals surface area contributed by atoms with Gasteiger partial charge >= 0.3 is 0 Å². The van der Waals surface area contributed by atoms with Gasteiger partial charge in [-0.1, -0.05) is 0 Å². The molecule has 33 valence electrons. The minimum absolute atomic E-state index is 1.02. The molecule has 0 bridgehead atoms. The molecule has 1 radical (unpaired) electrons. The number of fused-ring (bicyclic) bond motifs is 1. The molecule has 2 aliphatic rings. The zero-order valence-corrected chi connectivity index (χ0v) is 3.70. The van der Waals surface area contributed by atoms with Gasteiger partial charge in [0, 0.05) is 6.54 Å². The maximum atomic E-state index is 3.28. The topological polar surface area (TPSA) is 12.0 Å². The molecule has 0 spiro atoms. The van der Waals surface area contributed by atoms with Gasteiger partial charge in [-0.15, -0.1) is 0 Å². The Labute approximate surface area is 37.7 Å². The van der Waals surface area contributed by atoms with Crippen molar-refractivity contribution in [2.75, 3.05) is 13.1 Å². The van der Waals surface area contributed by atoms with Gasteiger partial charge in [-0.3, -0.25) is 0 Å². The summed E-state index contributed by atoms with van der Waals surface area (Å²) in [6, 6.07) is 0. The van der Waals surface area contributed by atoms with Crippen molar-refractivity contribution in [2.24, 2.45) is 5.92 Å². The number of hydrogen-bond acceptors (Lipinski definition) is 1. The molecule has 2 rings (SSSR count). The van der Waals surface area contributed by atoms with Crippen LogP contribution in [0.15, 0.2) is 0 Å². The van der Waals surface area contributed by atoms with E-state index in [9.17, 15) is 0 Å². The van der Waals surface area contributed by atoms with E-state index in [1.807, 2.05) is 0 Å². The van der Waals surface area contributed by atoms with Crippen LogP contribution in [0.5, 0.6) is 0 Å². The maximum Gasteiger partial charge on any atom is 0.00171 e. The molecule has 0 amide bonds. The van der Waals surface area contributed by atoms with Gasteiger partial charge in [0.05, 0.1) is 0 Å². The van der Waals surface area contributed by atoms with Gasteiger partial charge < -0.3 is 5.32 Å². The van der Waals surface area contributed by atoms with Crippen molar-refractivity contribution in [1.29, 1.82) is 0 Å². The van der Waals surface area contributed by atoms with Gasteiger partial charge in [0.15, 0.2) is 0 Å². The lowest BCUT2D eigenvalue weighted by atomic mass is 10.4. The molecule has 1 aliphatic carbocycles. The average molecular weight is 82.1 g/mol. The second-order valence-corrected chi connectivity index (χ2v) is 2.19. The van der Waals surface area contributed by atoms with Crippen LogP contribution in [0, 0.1) is 11.8 Å². The fraction of sp³-hybridized carbons (Fsp3) is 0.800. The van der Waals surface area contributed by atoms with Crippen LogP contribution >= 0.6 is 0 Å². The van der Waals surface area contributed by atoms with Crippen molar-refractivity contribution in [3.8, 4) is 0 Å². The highest BCUT2D eigenvalue weighted by molar-refractivity contribution is 5.20. The lowest BCUT2D eigenvalue weighted by Gasteiger charge is -1.86. The maximum absolute atomic E-state index is 3.28. The molecule has 1 nitrogen and oxygen atoms in total. The Morgan fingerprint density at radius 2 is 2.67 bits per heavy atom. The first-order valence-electron chi connectivity index (χ1n) is 2.52. The second kappa shape index (κ2) is 0.784. The summed E-state index contributed by atoms with van der Waals surface area (Å²) < 4.78 is 0. The summed E-state index contributed by atoms with van der Waals surface area (Å²) in [6.07, 6.45) is 1.44. The summed E-state index contributed by atoms with van der Waals surface area (Å²) in [5.74, 6) is 2.78. The van der Waals surface area contributed by atoms with Crippen LogP contribution in [0.1, 0.15) is 6.42 Å². The van der Waals surface area contributed by atoms with E-state index in [4.69, 9.17) is 0 Å². The Bertz CT molecular complexity index is 62.3. The van der Waals surface area contributed by atoms with Crippen LogP contribution in [-0.4, -0.2) is 13.1 Å². The Morgan fingerprint density at radius 1 is 1.67 bits per heavy atom. The molecule has 1 unspecified atom stereocenters. The smallest absolute Gasteiger partial charge is 0.00171 e. The third kappa shape index (κ3) is 0.243. The molecule has 1 saturated heterocycles. The molecular weight excluding hydrogens is 74.1 g/mol. The summed E-state index contributed by atoms with van der Waals surface area (Å²) in [4.78, 5) is 0.